The Kier molecular flexibility index (Phi) is 6.47. The molecule has 0 saturated carbocycles. The van der Waals surface area contributed by atoms with Gasteiger partial charge in [-0.15, -0.1) is 22.7 Å². The summed E-state index contributed by atoms with van der Waals surface area (Å²) in [6.45, 7) is 0. The third-order valence-electron chi connectivity index (χ3n) is 8.62. The topological polar surface area (TPSA) is 51.6 Å². The smallest absolute Gasteiger partial charge is 0.0826 e. The van der Waals surface area contributed by atoms with Gasteiger partial charge in [-0.1, -0.05) is 78.9 Å². The average Bonchev–Trinajstić information content (AvgIpc) is 3.87. The minimum absolute atomic E-state index is 0.925. The molecule has 4 nitrogen and oxygen atoms in total. The molecule has 0 saturated heterocycles. The summed E-state index contributed by atoms with van der Waals surface area (Å²) in [5.74, 6) is 0. The maximum absolute atomic E-state index is 5.04. The molecule has 0 spiro atoms. The van der Waals surface area contributed by atoms with Crippen molar-refractivity contribution in [2.45, 2.75) is 0 Å². The molecule has 0 aliphatic carbocycles. The van der Waals surface area contributed by atoms with Crippen LogP contribution in [0.2, 0.25) is 0 Å². The molecular weight excluding hydrogens is 601 g/mol. The number of aromatic nitrogens is 4. The van der Waals surface area contributed by atoms with E-state index in [1.165, 1.54) is 16.3 Å². The molecule has 0 radical (unpaired) electrons. The summed E-state index contributed by atoms with van der Waals surface area (Å²) >= 11 is 3.18. The van der Waals surface area contributed by atoms with Crippen molar-refractivity contribution < 1.29 is 0 Å². The van der Waals surface area contributed by atoms with E-state index in [1.54, 1.807) is 22.7 Å². The summed E-state index contributed by atoms with van der Waals surface area (Å²) in [5, 5.41) is 11.1. The number of fused-ring (bicyclic) bond motifs is 3. The van der Waals surface area contributed by atoms with Crippen molar-refractivity contribution in [3.63, 3.8) is 0 Å². The molecule has 0 bridgehead atoms. The minimum Gasteiger partial charge on any atom is -0.256 e. The van der Waals surface area contributed by atoms with Gasteiger partial charge in [0.2, 0.25) is 0 Å². The van der Waals surface area contributed by atoms with Gasteiger partial charge >= 0.3 is 0 Å². The lowest BCUT2D eigenvalue weighted by atomic mass is 9.86. The van der Waals surface area contributed by atoms with E-state index in [0.29, 0.717) is 0 Å². The van der Waals surface area contributed by atoms with Crippen molar-refractivity contribution in [3.05, 3.63) is 143 Å². The van der Waals surface area contributed by atoms with Crippen LogP contribution in [-0.2, 0) is 0 Å². The number of benzene rings is 5. The van der Waals surface area contributed by atoms with Gasteiger partial charge in [-0.25, -0.2) is 9.97 Å². The lowest BCUT2D eigenvalue weighted by molar-refractivity contribution is 1.31. The normalized spacial score (nSPS) is 11.5. The highest BCUT2D eigenvalue weighted by Gasteiger charge is 2.19. The largest absolute Gasteiger partial charge is 0.256 e. The summed E-state index contributed by atoms with van der Waals surface area (Å²) < 4.78 is 0. The van der Waals surface area contributed by atoms with E-state index < -0.39 is 0 Å². The number of pyridine rings is 2. The fraction of sp³-hybridized carbons (Fsp3) is 0. The molecule has 0 aliphatic rings. The van der Waals surface area contributed by atoms with E-state index in [2.05, 4.69) is 130 Å². The molecule has 0 amide bonds. The van der Waals surface area contributed by atoms with Crippen molar-refractivity contribution in [1.29, 1.82) is 0 Å². The van der Waals surface area contributed by atoms with Crippen molar-refractivity contribution >= 4 is 55.0 Å². The summed E-state index contributed by atoms with van der Waals surface area (Å²) in [6, 6.07) is 39.1. The van der Waals surface area contributed by atoms with E-state index in [-0.39, 0.29) is 0 Å². The minimum atomic E-state index is 0.925. The maximum atomic E-state index is 5.04. The zero-order valence-corrected chi connectivity index (χ0v) is 26.1. The molecule has 4 aromatic heterocycles. The van der Waals surface area contributed by atoms with Crippen LogP contribution in [0, 0.1) is 0 Å². The fourth-order valence-corrected chi connectivity index (χ4v) is 7.59. The summed E-state index contributed by atoms with van der Waals surface area (Å²) in [6.07, 6.45) is 3.87. The van der Waals surface area contributed by atoms with E-state index in [0.717, 1.165) is 72.1 Å². The Morgan fingerprint density at radius 1 is 0.391 bits per heavy atom. The van der Waals surface area contributed by atoms with Gasteiger partial charge in [0.05, 0.1) is 33.8 Å². The van der Waals surface area contributed by atoms with E-state index in [9.17, 15) is 0 Å². The van der Waals surface area contributed by atoms with Gasteiger partial charge in [-0.05, 0) is 73.8 Å². The number of hydrogen-bond donors (Lipinski definition) is 0. The standard InChI is InChI=1S/C40H24N4S2/c1-2-8-29-25(6-1)7-5-11-30(29)26-12-15-33-34(18-26)40(36-17-14-28(20-42-36)38-22-46-24-44-38)32-10-4-3-9-31(32)39(33)35-16-13-27(19-41-35)37-21-45-23-43-37/h1-24H. The van der Waals surface area contributed by atoms with Gasteiger partial charge in [0.1, 0.15) is 0 Å². The molecule has 0 fully saturated rings. The first-order chi connectivity index (χ1) is 22.8. The van der Waals surface area contributed by atoms with E-state index in [4.69, 9.17) is 9.97 Å². The second-order valence-electron chi connectivity index (χ2n) is 11.2. The van der Waals surface area contributed by atoms with Gasteiger partial charge in [0, 0.05) is 45.4 Å². The van der Waals surface area contributed by atoms with Crippen LogP contribution in [0.3, 0.4) is 0 Å². The van der Waals surface area contributed by atoms with Gasteiger partial charge in [-0.2, -0.15) is 0 Å². The fourth-order valence-electron chi connectivity index (χ4n) is 6.47. The Bertz CT molecular complexity index is 2500. The van der Waals surface area contributed by atoms with Crippen LogP contribution in [0.25, 0.3) is 88.5 Å². The Hall–Kier alpha value is -5.56. The van der Waals surface area contributed by atoms with Crippen LogP contribution >= 0.6 is 22.7 Å². The Labute approximate surface area is 273 Å². The molecule has 0 N–H and O–H groups in total. The molecule has 9 aromatic rings. The average molecular weight is 625 g/mol. The number of rotatable bonds is 5. The molecule has 46 heavy (non-hydrogen) atoms. The summed E-state index contributed by atoms with van der Waals surface area (Å²) in [4.78, 5) is 19.0. The van der Waals surface area contributed by atoms with Gasteiger partial charge < -0.3 is 0 Å². The second kappa shape index (κ2) is 11.1. The first kappa shape index (κ1) is 26.8. The van der Waals surface area contributed by atoms with Crippen LogP contribution in [0.15, 0.2) is 143 Å². The van der Waals surface area contributed by atoms with Gasteiger partial charge in [0.15, 0.2) is 0 Å². The van der Waals surface area contributed by atoms with Crippen molar-refractivity contribution in [2.24, 2.45) is 0 Å². The lowest BCUT2D eigenvalue weighted by Gasteiger charge is -2.18. The first-order valence-corrected chi connectivity index (χ1v) is 16.9. The van der Waals surface area contributed by atoms with Crippen molar-refractivity contribution in [3.8, 4) is 56.2 Å². The maximum Gasteiger partial charge on any atom is 0.0826 e. The van der Waals surface area contributed by atoms with Gasteiger partial charge in [-0.3, -0.25) is 9.97 Å². The van der Waals surface area contributed by atoms with Crippen molar-refractivity contribution in [2.75, 3.05) is 0 Å². The molecule has 6 heteroatoms. The molecular formula is C40H24N4S2. The Balaban J connectivity index is 1.33. The highest BCUT2D eigenvalue weighted by atomic mass is 32.1. The zero-order chi connectivity index (χ0) is 30.5. The quantitative estimate of drug-likeness (QED) is 0.179. The second-order valence-corrected chi connectivity index (χ2v) is 12.6. The molecule has 5 aromatic carbocycles. The third kappa shape index (κ3) is 4.50. The molecule has 0 atom stereocenters. The summed E-state index contributed by atoms with van der Waals surface area (Å²) in [5.41, 5.74) is 14.1. The predicted octanol–water partition coefficient (Wildman–Crippen LogP) is 11.2. The molecule has 216 valence electrons. The Morgan fingerprint density at radius 3 is 1.52 bits per heavy atom. The summed E-state index contributed by atoms with van der Waals surface area (Å²) in [7, 11) is 0. The molecule has 0 unspecified atom stereocenters. The lowest BCUT2D eigenvalue weighted by Crippen LogP contribution is -1.95. The third-order valence-corrected chi connectivity index (χ3v) is 9.79. The monoisotopic (exact) mass is 624 g/mol. The van der Waals surface area contributed by atoms with Crippen LogP contribution in [-0.4, -0.2) is 19.9 Å². The molecule has 0 aliphatic heterocycles. The SMILES string of the molecule is c1ccc2c(-c3ccc4c(-c5ccc(-c6cscn6)cn5)c5ccccc5c(-c5ccc(-c6cscn6)cn5)c4c3)cccc2c1. The molecule has 4 heterocycles. The Morgan fingerprint density at radius 2 is 0.935 bits per heavy atom. The van der Waals surface area contributed by atoms with Crippen LogP contribution < -0.4 is 0 Å². The van der Waals surface area contributed by atoms with E-state index >= 15 is 0 Å². The van der Waals surface area contributed by atoms with Gasteiger partial charge in [0.25, 0.3) is 0 Å². The number of nitrogens with zero attached hydrogens (tertiary/aromatic N) is 4. The first-order valence-electron chi connectivity index (χ1n) is 15.0. The number of hydrogen-bond acceptors (Lipinski definition) is 6. The highest BCUT2D eigenvalue weighted by molar-refractivity contribution is 7.08. The number of thiazole rings is 2. The zero-order valence-electron chi connectivity index (χ0n) is 24.5. The predicted molar refractivity (Wildman–Crippen MR) is 193 cm³/mol. The van der Waals surface area contributed by atoms with Crippen molar-refractivity contribution in [1.82, 2.24) is 19.9 Å². The highest BCUT2D eigenvalue weighted by Crippen LogP contribution is 2.44. The van der Waals surface area contributed by atoms with Crippen LogP contribution in [0.1, 0.15) is 0 Å². The van der Waals surface area contributed by atoms with Crippen LogP contribution in [0.5, 0.6) is 0 Å². The van der Waals surface area contributed by atoms with Crippen LogP contribution in [0.4, 0.5) is 0 Å². The molecule has 9 rings (SSSR count). The van der Waals surface area contributed by atoms with E-state index in [1.807, 2.05) is 23.4 Å².